The average molecular weight is 234 g/mol. The van der Waals surface area contributed by atoms with Crippen molar-refractivity contribution >= 4 is 0 Å². The monoisotopic (exact) mass is 234 g/mol. The fourth-order valence-electron chi connectivity index (χ4n) is 2.63. The van der Waals surface area contributed by atoms with Crippen molar-refractivity contribution in [3.63, 3.8) is 0 Å². The van der Waals surface area contributed by atoms with Crippen LogP contribution in [0.25, 0.3) is 0 Å². The van der Waals surface area contributed by atoms with Gasteiger partial charge in [0.1, 0.15) is 5.75 Å². The van der Waals surface area contributed by atoms with E-state index in [4.69, 9.17) is 10.5 Å². The van der Waals surface area contributed by atoms with Crippen molar-refractivity contribution in [3.05, 3.63) is 24.0 Å². The molecule has 0 radical (unpaired) electrons. The van der Waals surface area contributed by atoms with Gasteiger partial charge in [0.2, 0.25) is 0 Å². The molecule has 94 valence electrons. The van der Waals surface area contributed by atoms with Gasteiger partial charge in [-0.25, -0.2) is 0 Å². The smallest absolute Gasteiger partial charge is 0.138 e. The zero-order valence-corrected chi connectivity index (χ0v) is 10.9. The molecule has 3 nitrogen and oxygen atoms in total. The molecule has 2 unspecified atom stereocenters. The van der Waals surface area contributed by atoms with Crippen LogP contribution in [-0.2, 0) is 5.41 Å². The van der Waals surface area contributed by atoms with E-state index < -0.39 is 0 Å². The Balaban J connectivity index is 2.21. The van der Waals surface area contributed by atoms with Crippen LogP contribution in [-0.4, -0.2) is 17.1 Å². The van der Waals surface area contributed by atoms with Crippen LogP contribution in [0, 0.1) is 0 Å². The zero-order chi connectivity index (χ0) is 12.5. The van der Waals surface area contributed by atoms with Gasteiger partial charge in [-0.1, -0.05) is 6.92 Å². The number of hydrogen-bond acceptors (Lipinski definition) is 3. The number of rotatable bonds is 3. The third-order valence-corrected chi connectivity index (χ3v) is 3.56. The summed E-state index contributed by atoms with van der Waals surface area (Å²) in [5, 5.41) is 0. The van der Waals surface area contributed by atoms with Crippen molar-refractivity contribution in [3.8, 4) is 5.75 Å². The number of nitrogens with zero attached hydrogens (tertiary/aromatic N) is 1. The first-order chi connectivity index (χ1) is 7.99. The summed E-state index contributed by atoms with van der Waals surface area (Å²) < 4.78 is 5.69. The number of hydrogen-bond donors (Lipinski definition) is 1. The number of aromatic nitrogens is 1. The van der Waals surface area contributed by atoms with E-state index in [0.29, 0.717) is 6.04 Å². The predicted octanol–water partition coefficient (Wildman–Crippen LogP) is 2.64. The highest BCUT2D eigenvalue weighted by atomic mass is 16.5. The van der Waals surface area contributed by atoms with E-state index in [1.165, 1.54) is 5.56 Å². The molecule has 0 aliphatic heterocycles. The molecule has 0 spiro atoms. The summed E-state index contributed by atoms with van der Waals surface area (Å²) in [6.07, 6.45) is 7.20. The lowest BCUT2D eigenvalue weighted by molar-refractivity contribution is 0.240. The molecular formula is C14H22N2O. The van der Waals surface area contributed by atoms with E-state index in [0.717, 1.165) is 25.0 Å². The molecule has 2 rings (SSSR count). The zero-order valence-electron chi connectivity index (χ0n) is 10.9. The standard InChI is InChI=1S/C14H22N2O/c1-10(2)17-13-6-11(8-16-9-13)14(3)5-4-12(15)7-14/h6,8-10,12H,4-5,7,15H2,1-3H3. The van der Waals surface area contributed by atoms with E-state index in [2.05, 4.69) is 18.0 Å². The molecule has 0 aromatic carbocycles. The van der Waals surface area contributed by atoms with Crippen LogP contribution in [0.2, 0.25) is 0 Å². The van der Waals surface area contributed by atoms with Gasteiger partial charge < -0.3 is 10.5 Å². The van der Waals surface area contributed by atoms with Crippen molar-refractivity contribution in [1.29, 1.82) is 0 Å². The molecule has 1 aliphatic rings. The van der Waals surface area contributed by atoms with Crippen molar-refractivity contribution in [1.82, 2.24) is 4.98 Å². The lowest BCUT2D eigenvalue weighted by atomic mass is 9.82. The normalized spacial score (nSPS) is 28.6. The minimum Gasteiger partial charge on any atom is -0.489 e. The molecular weight excluding hydrogens is 212 g/mol. The molecule has 2 atom stereocenters. The van der Waals surface area contributed by atoms with E-state index >= 15 is 0 Å². The molecule has 0 amide bonds. The van der Waals surface area contributed by atoms with Gasteiger partial charge in [0.05, 0.1) is 12.3 Å². The Morgan fingerprint density at radius 2 is 2.24 bits per heavy atom. The topological polar surface area (TPSA) is 48.1 Å². The summed E-state index contributed by atoms with van der Waals surface area (Å²) >= 11 is 0. The summed E-state index contributed by atoms with van der Waals surface area (Å²) in [6, 6.07) is 2.44. The number of pyridine rings is 1. The SMILES string of the molecule is CC(C)Oc1cncc(C2(C)CCC(N)C2)c1. The molecule has 1 aromatic rings. The first-order valence-electron chi connectivity index (χ1n) is 6.37. The summed E-state index contributed by atoms with van der Waals surface area (Å²) in [6.45, 7) is 6.33. The fraction of sp³-hybridized carbons (Fsp3) is 0.643. The molecule has 0 saturated heterocycles. The maximum atomic E-state index is 6.01. The van der Waals surface area contributed by atoms with Gasteiger partial charge in [0.15, 0.2) is 0 Å². The molecule has 1 heterocycles. The van der Waals surface area contributed by atoms with Gasteiger partial charge in [0, 0.05) is 12.2 Å². The molecule has 3 heteroatoms. The highest BCUT2D eigenvalue weighted by Crippen LogP contribution is 2.40. The van der Waals surface area contributed by atoms with Gasteiger partial charge in [0.25, 0.3) is 0 Å². The Morgan fingerprint density at radius 3 is 2.82 bits per heavy atom. The molecule has 0 bridgehead atoms. The fourth-order valence-corrected chi connectivity index (χ4v) is 2.63. The highest BCUT2D eigenvalue weighted by Gasteiger charge is 2.35. The average Bonchev–Trinajstić information content (AvgIpc) is 2.59. The van der Waals surface area contributed by atoms with Crippen LogP contribution < -0.4 is 10.5 Å². The number of ether oxygens (including phenoxy) is 1. The summed E-state index contributed by atoms with van der Waals surface area (Å²) in [5.41, 5.74) is 7.44. The lowest BCUT2D eigenvalue weighted by Crippen LogP contribution is -2.23. The second kappa shape index (κ2) is 4.65. The van der Waals surface area contributed by atoms with E-state index in [-0.39, 0.29) is 11.5 Å². The molecule has 2 N–H and O–H groups in total. The number of nitrogens with two attached hydrogens (primary N) is 1. The molecule has 1 saturated carbocycles. The lowest BCUT2D eigenvalue weighted by Gasteiger charge is -2.24. The molecule has 1 fully saturated rings. The molecule has 17 heavy (non-hydrogen) atoms. The Labute approximate surface area is 103 Å². The van der Waals surface area contributed by atoms with Gasteiger partial charge in [-0.3, -0.25) is 4.98 Å². The van der Waals surface area contributed by atoms with Crippen molar-refractivity contribution in [2.45, 2.75) is 57.6 Å². The summed E-state index contributed by atoms with van der Waals surface area (Å²) in [5.74, 6) is 0.860. The Bertz CT molecular complexity index is 392. The first-order valence-corrected chi connectivity index (χ1v) is 6.37. The van der Waals surface area contributed by atoms with Gasteiger partial charge in [-0.05, 0) is 50.2 Å². The Kier molecular flexibility index (Phi) is 3.38. The third kappa shape index (κ3) is 2.78. The third-order valence-electron chi connectivity index (χ3n) is 3.56. The van der Waals surface area contributed by atoms with Crippen molar-refractivity contribution in [2.75, 3.05) is 0 Å². The Morgan fingerprint density at radius 1 is 1.47 bits per heavy atom. The second-order valence-electron chi connectivity index (χ2n) is 5.64. The molecule has 1 aromatic heterocycles. The largest absolute Gasteiger partial charge is 0.489 e. The van der Waals surface area contributed by atoms with E-state index in [1.54, 1.807) is 6.20 Å². The van der Waals surface area contributed by atoms with Crippen molar-refractivity contribution in [2.24, 2.45) is 5.73 Å². The minimum absolute atomic E-state index is 0.169. The highest BCUT2D eigenvalue weighted by molar-refractivity contribution is 5.31. The second-order valence-corrected chi connectivity index (χ2v) is 5.64. The van der Waals surface area contributed by atoms with Crippen LogP contribution in [0.3, 0.4) is 0 Å². The summed E-state index contributed by atoms with van der Waals surface area (Å²) in [7, 11) is 0. The van der Waals surface area contributed by atoms with E-state index in [1.807, 2.05) is 20.0 Å². The van der Waals surface area contributed by atoms with Gasteiger partial charge in [-0.2, -0.15) is 0 Å². The maximum absolute atomic E-state index is 6.01. The summed E-state index contributed by atoms with van der Waals surface area (Å²) in [4.78, 5) is 4.29. The van der Waals surface area contributed by atoms with Crippen LogP contribution in [0.5, 0.6) is 5.75 Å². The van der Waals surface area contributed by atoms with Crippen LogP contribution in [0.4, 0.5) is 0 Å². The van der Waals surface area contributed by atoms with Gasteiger partial charge in [-0.15, -0.1) is 0 Å². The van der Waals surface area contributed by atoms with E-state index in [9.17, 15) is 0 Å². The minimum atomic E-state index is 0.169. The predicted molar refractivity (Wildman–Crippen MR) is 69.2 cm³/mol. The van der Waals surface area contributed by atoms with Crippen LogP contribution >= 0.6 is 0 Å². The maximum Gasteiger partial charge on any atom is 0.138 e. The van der Waals surface area contributed by atoms with Crippen molar-refractivity contribution < 1.29 is 4.74 Å². The van der Waals surface area contributed by atoms with Gasteiger partial charge >= 0.3 is 0 Å². The molecule has 1 aliphatic carbocycles. The Hall–Kier alpha value is -1.09. The van der Waals surface area contributed by atoms with Crippen LogP contribution in [0.15, 0.2) is 18.5 Å². The quantitative estimate of drug-likeness (QED) is 0.874. The van der Waals surface area contributed by atoms with Crippen LogP contribution in [0.1, 0.15) is 45.6 Å². The first kappa shape index (κ1) is 12.4.